The van der Waals surface area contributed by atoms with Crippen molar-refractivity contribution < 1.29 is 14.4 Å². The molecule has 0 radical (unpaired) electrons. The first-order valence-corrected chi connectivity index (χ1v) is 14.8. The third-order valence-corrected chi connectivity index (χ3v) is 7.23. The summed E-state index contributed by atoms with van der Waals surface area (Å²) in [6, 6.07) is 0. The first kappa shape index (κ1) is 31.6. The Kier molecular flexibility index (Phi) is 19.7. The largest absolute Gasteiger partial charge is 0.477 e. The number of aliphatic imine (C=N–C) groups is 1. The van der Waals surface area contributed by atoms with Crippen molar-refractivity contribution in [2.75, 3.05) is 19.6 Å². The van der Waals surface area contributed by atoms with E-state index >= 15 is 0 Å². The maximum Gasteiger partial charge on any atom is 0.360 e. The number of allylic oxidation sites excluding steroid dienone is 1. The highest BCUT2D eigenvalue weighted by molar-refractivity contribution is 5.82. The first-order valence-electron chi connectivity index (χ1n) is 14.8. The van der Waals surface area contributed by atoms with Crippen molar-refractivity contribution in [2.45, 2.75) is 135 Å². The zero-order valence-corrected chi connectivity index (χ0v) is 22.9. The number of rotatable bonds is 25. The van der Waals surface area contributed by atoms with E-state index in [1.165, 1.54) is 116 Å². The molecule has 1 heterocycles. The maximum atomic E-state index is 11.3. The highest BCUT2D eigenvalue weighted by atomic mass is 16.4. The predicted molar refractivity (Wildman–Crippen MR) is 150 cm³/mol. The fourth-order valence-electron chi connectivity index (χ4n) is 5.05. The van der Waals surface area contributed by atoms with Crippen LogP contribution in [0.1, 0.15) is 135 Å². The van der Waals surface area contributed by atoms with E-state index in [2.05, 4.69) is 24.1 Å². The second-order valence-electron chi connectivity index (χ2n) is 10.4. The van der Waals surface area contributed by atoms with Crippen LogP contribution in [0.4, 0.5) is 0 Å². The number of nitrogens with two attached hydrogens (primary N) is 1. The van der Waals surface area contributed by atoms with Gasteiger partial charge in [-0.15, -0.1) is 0 Å². The van der Waals surface area contributed by atoms with Crippen molar-refractivity contribution in [2.24, 2.45) is 10.7 Å². The number of quaternary nitrogens is 1. The lowest BCUT2D eigenvalue weighted by Gasteiger charge is -2.29. The Balaban J connectivity index is 1.90. The number of carboxylic acids is 1. The summed E-state index contributed by atoms with van der Waals surface area (Å²) in [7, 11) is 0. The van der Waals surface area contributed by atoms with Gasteiger partial charge in [0.1, 0.15) is 12.7 Å². The van der Waals surface area contributed by atoms with Gasteiger partial charge in [-0.2, -0.15) is 0 Å². The number of aliphatic carboxylic acids is 1. The Hall–Kier alpha value is -1.46. The summed E-state index contributed by atoms with van der Waals surface area (Å²) < 4.78 is 0.259. The van der Waals surface area contributed by atoms with Crippen LogP contribution in [0.2, 0.25) is 0 Å². The molecule has 5 heteroatoms. The van der Waals surface area contributed by atoms with Crippen LogP contribution in [0.15, 0.2) is 29.5 Å². The van der Waals surface area contributed by atoms with E-state index in [9.17, 15) is 9.90 Å². The molecule has 1 unspecified atom stereocenters. The summed E-state index contributed by atoms with van der Waals surface area (Å²) in [5.74, 6) is 0.0624. The molecule has 3 N–H and O–H groups in total. The van der Waals surface area contributed by atoms with E-state index in [1.54, 1.807) is 6.20 Å². The third-order valence-electron chi connectivity index (χ3n) is 7.23. The molecule has 1 atom stereocenters. The standard InChI is InChI=1S/C30H55N3O2/c1-2-3-4-5-6-7-8-9-10-11-12-13-14-15-16-17-18-19-20-21-22-23-29-32-25-27-33(29,26-24-31)28-30(34)35/h21-22,25,27H,2-20,23-24,26,28,31H2,1H3/p+1/b22-21+. The number of carboxylic acid groups (broad SMARTS) is 1. The van der Waals surface area contributed by atoms with Crippen LogP contribution in [0, 0.1) is 0 Å². The SMILES string of the molecule is CCCCCCCCCCCCCCCCCCCC/C=C/CC1=NC=C[N+]1(CCN)CC(=O)O. The van der Waals surface area contributed by atoms with Crippen LogP contribution in [-0.4, -0.2) is 41.0 Å². The molecule has 1 aliphatic rings. The van der Waals surface area contributed by atoms with E-state index in [4.69, 9.17) is 5.73 Å². The van der Waals surface area contributed by atoms with Crippen LogP contribution >= 0.6 is 0 Å². The van der Waals surface area contributed by atoms with Gasteiger partial charge in [0.15, 0.2) is 6.54 Å². The highest BCUT2D eigenvalue weighted by Gasteiger charge is 2.36. The van der Waals surface area contributed by atoms with Crippen LogP contribution < -0.4 is 5.73 Å². The molecule has 1 rings (SSSR count). The normalized spacial score (nSPS) is 17.5. The molecule has 35 heavy (non-hydrogen) atoms. The summed E-state index contributed by atoms with van der Waals surface area (Å²) in [5, 5.41) is 9.27. The minimum absolute atomic E-state index is 0.0135. The van der Waals surface area contributed by atoms with Gasteiger partial charge in [-0.25, -0.2) is 14.3 Å². The lowest BCUT2D eigenvalue weighted by molar-refractivity contribution is -0.777. The molecule has 0 spiro atoms. The van der Waals surface area contributed by atoms with Crippen molar-refractivity contribution in [3.8, 4) is 0 Å². The van der Waals surface area contributed by atoms with E-state index in [0.717, 1.165) is 12.3 Å². The Morgan fingerprint density at radius 2 is 1.31 bits per heavy atom. The highest BCUT2D eigenvalue weighted by Crippen LogP contribution is 2.19. The second-order valence-corrected chi connectivity index (χ2v) is 10.4. The zero-order chi connectivity index (χ0) is 25.5. The lowest BCUT2D eigenvalue weighted by atomic mass is 10.0. The van der Waals surface area contributed by atoms with E-state index < -0.39 is 5.97 Å². The molecular formula is C30H56N3O2+. The van der Waals surface area contributed by atoms with Gasteiger partial charge in [-0.05, 0) is 12.8 Å². The molecule has 0 aromatic heterocycles. The molecule has 0 saturated carbocycles. The number of carbonyl (C=O) groups is 1. The molecule has 0 fully saturated rings. The quantitative estimate of drug-likeness (QED) is 0.0771. The second kappa shape index (κ2) is 21.8. The average Bonchev–Trinajstić information content (AvgIpc) is 3.21. The molecule has 202 valence electrons. The molecule has 0 aliphatic carbocycles. The molecular weight excluding hydrogens is 434 g/mol. The minimum atomic E-state index is -0.819. The number of unbranched alkanes of at least 4 members (excludes halogenated alkanes) is 18. The van der Waals surface area contributed by atoms with Crippen LogP contribution in [0.3, 0.4) is 0 Å². The summed E-state index contributed by atoms with van der Waals surface area (Å²) in [4.78, 5) is 15.7. The molecule has 0 amide bonds. The Bertz CT molecular complexity index is 615. The smallest absolute Gasteiger partial charge is 0.360 e. The van der Waals surface area contributed by atoms with Gasteiger partial charge in [0.05, 0.1) is 12.6 Å². The van der Waals surface area contributed by atoms with Crippen LogP contribution in [0.25, 0.3) is 0 Å². The third kappa shape index (κ3) is 16.0. The Morgan fingerprint density at radius 3 is 1.77 bits per heavy atom. The summed E-state index contributed by atoms with van der Waals surface area (Å²) >= 11 is 0. The van der Waals surface area contributed by atoms with Gasteiger partial charge in [0.2, 0.25) is 5.84 Å². The van der Waals surface area contributed by atoms with Crippen molar-refractivity contribution in [1.29, 1.82) is 0 Å². The molecule has 1 aliphatic heterocycles. The minimum Gasteiger partial charge on any atom is -0.477 e. The number of nitrogens with zero attached hydrogens (tertiary/aromatic N) is 2. The van der Waals surface area contributed by atoms with Gasteiger partial charge in [-0.3, -0.25) is 0 Å². The number of hydrogen-bond donors (Lipinski definition) is 2. The molecule has 0 aromatic carbocycles. The van der Waals surface area contributed by atoms with Crippen LogP contribution in [0.5, 0.6) is 0 Å². The van der Waals surface area contributed by atoms with Crippen molar-refractivity contribution in [1.82, 2.24) is 0 Å². The first-order chi connectivity index (χ1) is 17.1. The van der Waals surface area contributed by atoms with Crippen molar-refractivity contribution in [3.05, 3.63) is 24.6 Å². The maximum absolute atomic E-state index is 11.3. The summed E-state index contributed by atoms with van der Waals surface area (Å²) in [6.07, 6.45) is 35.0. The van der Waals surface area contributed by atoms with Gasteiger partial charge in [0, 0.05) is 6.54 Å². The van der Waals surface area contributed by atoms with Gasteiger partial charge >= 0.3 is 5.97 Å². The summed E-state index contributed by atoms with van der Waals surface area (Å²) in [5.41, 5.74) is 5.73. The number of hydrogen-bond acceptors (Lipinski definition) is 3. The average molecular weight is 491 g/mol. The van der Waals surface area contributed by atoms with Crippen molar-refractivity contribution in [3.63, 3.8) is 0 Å². The fraction of sp³-hybridized carbons (Fsp3) is 0.800. The van der Waals surface area contributed by atoms with Crippen molar-refractivity contribution >= 4 is 11.8 Å². The molecule has 5 nitrogen and oxygen atoms in total. The molecule has 0 saturated heterocycles. The zero-order valence-electron chi connectivity index (χ0n) is 22.9. The molecule has 0 aromatic rings. The summed E-state index contributed by atoms with van der Waals surface area (Å²) in [6.45, 7) is 3.32. The van der Waals surface area contributed by atoms with Gasteiger partial charge in [-0.1, -0.05) is 128 Å². The topological polar surface area (TPSA) is 75.7 Å². The van der Waals surface area contributed by atoms with E-state index in [0.29, 0.717) is 19.5 Å². The Labute approximate surface area is 216 Å². The van der Waals surface area contributed by atoms with Crippen LogP contribution in [-0.2, 0) is 4.79 Å². The lowest BCUT2D eigenvalue weighted by Crippen LogP contribution is -2.52. The van der Waals surface area contributed by atoms with Gasteiger partial charge < -0.3 is 10.8 Å². The fourth-order valence-corrected chi connectivity index (χ4v) is 5.05. The monoisotopic (exact) mass is 490 g/mol. The van der Waals surface area contributed by atoms with E-state index in [-0.39, 0.29) is 11.0 Å². The van der Waals surface area contributed by atoms with Gasteiger partial charge in [0.25, 0.3) is 0 Å². The predicted octanol–water partition coefficient (Wildman–Crippen LogP) is 8.11. The Morgan fingerprint density at radius 1 is 0.829 bits per heavy atom. The molecule has 0 bridgehead atoms. The van der Waals surface area contributed by atoms with E-state index in [1.807, 2.05) is 6.20 Å². The number of amidine groups is 1.